The Labute approximate surface area is 140 Å². The lowest BCUT2D eigenvalue weighted by Gasteiger charge is -2.21. The fraction of sp³-hybridized carbons (Fsp3) is 0.375. The Hall–Kier alpha value is -2.71. The quantitative estimate of drug-likeness (QED) is 0.726. The Bertz CT molecular complexity index is 872. The molecule has 0 saturated carbocycles. The third kappa shape index (κ3) is 3.26. The molecule has 1 unspecified atom stereocenters. The summed E-state index contributed by atoms with van der Waals surface area (Å²) in [5, 5.41) is 11.9. The molecule has 0 N–H and O–H groups in total. The molecule has 3 heterocycles. The molecule has 0 spiro atoms. The highest BCUT2D eigenvalue weighted by molar-refractivity contribution is 5.55. The van der Waals surface area contributed by atoms with E-state index in [-0.39, 0.29) is 17.6 Å². The number of hydrogen-bond acceptors (Lipinski definition) is 5. The Balaban J connectivity index is 1.58. The van der Waals surface area contributed by atoms with Crippen molar-refractivity contribution in [1.29, 1.82) is 0 Å². The van der Waals surface area contributed by atoms with Crippen molar-refractivity contribution in [2.45, 2.75) is 37.9 Å². The summed E-state index contributed by atoms with van der Waals surface area (Å²) in [5.41, 5.74) is 0.935. The van der Waals surface area contributed by atoms with Crippen LogP contribution in [0.3, 0.4) is 0 Å². The van der Waals surface area contributed by atoms with E-state index in [1.54, 1.807) is 0 Å². The van der Waals surface area contributed by atoms with E-state index in [4.69, 9.17) is 4.52 Å². The van der Waals surface area contributed by atoms with Gasteiger partial charge in [0.2, 0.25) is 5.89 Å². The van der Waals surface area contributed by atoms with Gasteiger partial charge in [-0.3, -0.25) is 0 Å². The lowest BCUT2D eigenvalue weighted by molar-refractivity contribution is -0.128. The van der Waals surface area contributed by atoms with Crippen LogP contribution in [-0.4, -0.2) is 31.1 Å². The normalized spacial score (nSPS) is 17.5. The van der Waals surface area contributed by atoms with E-state index in [1.165, 1.54) is 0 Å². The predicted octanol–water partition coefficient (Wildman–Crippen LogP) is 3.16. The minimum absolute atomic E-state index is 0.152. The molecule has 0 radical (unpaired) electrons. The van der Waals surface area contributed by atoms with Crippen LogP contribution in [0, 0.1) is 0 Å². The molecule has 9 heteroatoms. The monoisotopic (exact) mass is 349 g/mol. The van der Waals surface area contributed by atoms with Crippen molar-refractivity contribution in [3.05, 3.63) is 47.9 Å². The second-order valence-corrected chi connectivity index (χ2v) is 5.99. The molecule has 0 bridgehead atoms. The molecule has 0 saturated heterocycles. The molecule has 2 aromatic heterocycles. The number of halogens is 3. The fourth-order valence-corrected chi connectivity index (χ4v) is 3.01. The minimum atomic E-state index is -4.35. The molecule has 1 aliphatic heterocycles. The molecule has 1 aliphatic rings. The maximum atomic E-state index is 12.4. The van der Waals surface area contributed by atoms with Crippen molar-refractivity contribution < 1.29 is 17.7 Å². The number of alkyl halides is 3. The van der Waals surface area contributed by atoms with Gasteiger partial charge in [0, 0.05) is 18.5 Å². The first-order valence-corrected chi connectivity index (χ1v) is 7.86. The number of hydrogen-bond donors (Lipinski definition) is 0. The van der Waals surface area contributed by atoms with Crippen molar-refractivity contribution in [2.24, 2.45) is 0 Å². The van der Waals surface area contributed by atoms with E-state index in [9.17, 15) is 13.2 Å². The van der Waals surface area contributed by atoms with Crippen molar-refractivity contribution in [1.82, 2.24) is 24.9 Å². The standard InChI is InChI=1S/C16H14F3N5O/c17-16(18,19)8-12-20-15(25-23-12)11-6-7-13-21-22-14(24(13)9-11)10-4-2-1-3-5-10/h1-5,11H,6-9H2. The zero-order valence-electron chi connectivity index (χ0n) is 13.1. The van der Waals surface area contributed by atoms with Crippen LogP contribution in [-0.2, 0) is 19.4 Å². The average molecular weight is 349 g/mol. The smallest absolute Gasteiger partial charge is 0.339 e. The summed E-state index contributed by atoms with van der Waals surface area (Å²) < 4.78 is 44.4. The highest BCUT2D eigenvalue weighted by Gasteiger charge is 2.33. The lowest BCUT2D eigenvalue weighted by Crippen LogP contribution is -2.20. The van der Waals surface area contributed by atoms with Crippen LogP contribution in [0.15, 0.2) is 34.9 Å². The SMILES string of the molecule is FC(F)(F)Cc1noc(C2CCc3nnc(-c4ccccc4)n3C2)n1. The van der Waals surface area contributed by atoms with E-state index < -0.39 is 12.6 Å². The third-order valence-corrected chi connectivity index (χ3v) is 4.17. The van der Waals surface area contributed by atoms with Gasteiger partial charge in [0.25, 0.3) is 0 Å². The summed E-state index contributed by atoms with van der Waals surface area (Å²) >= 11 is 0. The van der Waals surface area contributed by atoms with Gasteiger partial charge in [-0.25, -0.2) is 0 Å². The first-order chi connectivity index (χ1) is 12.0. The molecular formula is C16H14F3N5O. The van der Waals surface area contributed by atoms with E-state index in [2.05, 4.69) is 20.3 Å². The summed E-state index contributed by atoms with van der Waals surface area (Å²) in [4.78, 5) is 3.93. The molecule has 6 nitrogen and oxygen atoms in total. The van der Waals surface area contributed by atoms with Crippen LogP contribution in [0.1, 0.15) is 29.9 Å². The number of aryl methyl sites for hydroxylation is 1. The Kier molecular flexibility index (Phi) is 3.78. The van der Waals surface area contributed by atoms with Gasteiger partial charge in [0.15, 0.2) is 11.6 Å². The fourth-order valence-electron chi connectivity index (χ4n) is 3.01. The molecular weight excluding hydrogens is 335 g/mol. The Morgan fingerprint density at radius 3 is 2.72 bits per heavy atom. The number of nitrogens with zero attached hydrogens (tertiary/aromatic N) is 5. The van der Waals surface area contributed by atoms with Crippen LogP contribution in [0.5, 0.6) is 0 Å². The van der Waals surface area contributed by atoms with Crippen LogP contribution in [0.4, 0.5) is 13.2 Å². The summed E-state index contributed by atoms with van der Waals surface area (Å²) in [6, 6.07) is 9.63. The molecule has 0 aliphatic carbocycles. The Morgan fingerprint density at radius 2 is 1.96 bits per heavy atom. The number of rotatable bonds is 3. The molecule has 25 heavy (non-hydrogen) atoms. The van der Waals surface area contributed by atoms with Crippen molar-refractivity contribution in [2.75, 3.05) is 0 Å². The number of benzene rings is 1. The number of aromatic nitrogens is 5. The maximum absolute atomic E-state index is 12.4. The molecule has 1 atom stereocenters. The van der Waals surface area contributed by atoms with Crippen LogP contribution >= 0.6 is 0 Å². The zero-order chi connectivity index (χ0) is 17.4. The van der Waals surface area contributed by atoms with Crippen molar-refractivity contribution in [3.63, 3.8) is 0 Å². The van der Waals surface area contributed by atoms with Gasteiger partial charge in [0.1, 0.15) is 12.2 Å². The minimum Gasteiger partial charge on any atom is -0.339 e. The molecule has 4 rings (SSSR count). The van der Waals surface area contributed by atoms with Gasteiger partial charge >= 0.3 is 6.18 Å². The summed E-state index contributed by atoms with van der Waals surface area (Å²) in [6.45, 7) is 0.500. The molecule has 0 amide bonds. The predicted molar refractivity (Wildman–Crippen MR) is 80.6 cm³/mol. The van der Waals surface area contributed by atoms with Crippen LogP contribution in [0.2, 0.25) is 0 Å². The van der Waals surface area contributed by atoms with Gasteiger partial charge in [-0.1, -0.05) is 35.5 Å². The number of fused-ring (bicyclic) bond motifs is 1. The van der Waals surface area contributed by atoms with Gasteiger partial charge in [-0.15, -0.1) is 10.2 Å². The van der Waals surface area contributed by atoms with Gasteiger partial charge in [0.05, 0.1) is 5.92 Å². The summed E-state index contributed by atoms with van der Waals surface area (Å²) in [6.07, 6.45) is -4.20. The highest BCUT2D eigenvalue weighted by atomic mass is 19.4. The molecule has 1 aromatic carbocycles. The zero-order valence-corrected chi connectivity index (χ0v) is 13.1. The average Bonchev–Trinajstić information content (AvgIpc) is 3.20. The molecule has 130 valence electrons. The third-order valence-electron chi connectivity index (χ3n) is 4.17. The maximum Gasteiger partial charge on any atom is 0.396 e. The van der Waals surface area contributed by atoms with Gasteiger partial charge in [-0.2, -0.15) is 18.2 Å². The van der Waals surface area contributed by atoms with Gasteiger partial charge < -0.3 is 9.09 Å². The first kappa shape index (κ1) is 15.8. The highest BCUT2D eigenvalue weighted by Crippen LogP contribution is 2.31. The Morgan fingerprint density at radius 1 is 1.16 bits per heavy atom. The lowest BCUT2D eigenvalue weighted by atomic mass is 9.99. The van der Waals surface area contributed by atoms with Crippen LogP contribution in [0.25, 0.3) is 11.4 Å². The van der Waals surface area contributed by atoms with E-state index in [0.717, 1.165) is 17.2 Å². The van der Waals surface area contributed by atoms with Gasteiger partial charge in [-0.05, 0) is 6.42 Å². The van der Waals surface area contributed by atoms with Crippen molar-refractivity contribution >= 4 is 0 Å². The summed E-state index contributed by atoms with van der Waals surface area (Å²) in [5.74, 6) is 1.33. The first-order valence-electron chi connectivity index (χ1n) is 7.86. The topological polar surface area (TPSA) is 69.6 Å². The molecule has 3 aromatic rings. The second kappa shape index (κ2) is 5.98. The van der Waals surface area contributed by atoms with Crippen molar-refractivity contribution in [3.8, 4) is 11.4 Å². The summed E-state index contributed by atoms with van der Waals surface area (Å²) in [7, 11) is 0. The second-order valence-electron chi connectivity index (χ2n) is 5.99. The molecule has 0 fully saturated rings. The van der Waals surface area contributed by atoms with E-state index >= 15 is 0 Å². The largest absolute Gasteiger partial charge is 0.396 e. The van der Waals surface area contributed by atoms with Crippen LogP contribution < -0.4 is 0 Å². The van der Waals surface area contributed by atoms with E-state index in [0.29, 0.717) is 19.4 Å². The van der Waals surface area contributed by atoms with E-state index in [1.807, 2.05) is 34.9 Å².